The predicted octanol–water partition coefficient (Wildman–Crippen LogP) is 5.07. The van der Waals surface area contributed by atoms with Crippen molar-refractivity contribution in [3.63, 3.8) is 0 Å². The van der Waals surface area contributed by atoms with Gasteiger partial charge in [-0.25, -0.2) is 0 Å². The fourth-order valence-electron chi connectivity index (χ4n) is 4.39. The number of halogens is 3. The van der Waals surface area contributed by atoms with Gasteiger partial charge in [0.15, 0.2) is 0 Å². The molecule has 27 heavy (non-hydrogen) atoms. The van der Waals surface area contributed by atoms with Crippen LogP contribution in [0.2, 0.25) is 0 Å². The van der Waals surface area contributed by atoms with Crippen molar-refractivity contribution in [1.82, 2.24) is 5.32 Å². The number of alkyl halides is 3. The average molecular weight is 376 g/mol. The second-order valence-corrected chi connectivity index (χ2v) is 8.21. The van der Waals surface area contributed by atoms with Crippen LogP contribution in [-0.4, -0.2) is 24.3 Å². The van der Waals surface area contributed by atoms with E-state index in [2.05, 4.69) is 17.4 Å². The summed E-state index contributed by atoms with van der Waals surface area (Å²) in [6.07, 6.45) is 5.16. The highest BCUT2D eigenvalue weighted by Gasteiger charge is 2.40. The van der Waals surface area contributed by atoms with Crippen LogP contribution in [0.3, 0.4) is 0 Å². The molecule has 3 aliphatic carbocycles. The molecule has 2 atom stereocenters. The number of nitrogens with one attached hydrogen (secondary N) is 1. The molecule has 1 aromatic rings. The van der Waals surface area contributed by atoms with E-state index in [-0.39, 0.29) is 6.42 Å². The zero-order valence-electron chi connectivity index (χ0n) is 15.4. The number of allylic oxidation sites excluding steroid dienone is 4. The summed E-state index contributed by atoms with van der Waals surface area (Å²) in [6.45, 7) is 0. The van der Waals surface area contributed by atoms with Gasteiger partial charge in [0.2, 0.25) is 0 Å². The molecule has 0 bridgehead atoms. The van der Waals surface area contributed by atoms with Crippen molar-refractivity contribution in [2.24, 2.45) is 5.73 Å². The van der Waals surface area contributed by atoms with Crippen molar-refractivity contribution in [3.05, 3.63) is 53.1 Å². The van der Waals surface area contributed by atoms with E-state index < -0.39 is 11.7 Å². The lowest BCUT2D eigenvalue weighted by Gasteiger charge is -2.27. The first-order chi connectivity index (χ1) is 12.9. The molecule has 0 unspecified atom stereocenters. The molecule has 146 valence electrons. The standard InChI is InChI=1S/C22H27F3N2/c23-22(24,25)17-3-1-2-16(12-17)14-4-6-15(7-5-14)20-13-21(20)27-19-10-8-18(26)9-11-19/h2,4-7,12,18-21,27H,1,3,8-11,13,26H2/t18?,19?,20-,21+/m0/s1. The molecule has 0 heterocycles. The van der Waals surface area contributed by atoms with Crippen molar-refractivity contribution < 1.29 is 13.2 Å². The van der Waals surface area contributed by atoms with E-state index in [1.165, 1.54) is 11.6 Å². The van der Waals surface area contributed by atoms with Gasteiger partial charge < -0.3 is 11.1 Å². The Morgan fingerprint density at radius 1 is 1.00 bits per heavy atom. The minimum absolute atomic E-state index is 0.0760. The Labute approximate surface area is 158 Å². The molecule has 0 radical (unpaired) electrons. The third-order valence-electron chi connectivity index (χ3n) is 6.16. The molecular weight excluding hydrogens is 349 g/mol. The molecule has 0 aliphatic heterocycles. The van der Waals surface area contributed by atoms with Crippen LogP contribution in [-0.2, 0) is 0 Å². The van der Waals surface area contributed by atoms with Crippen LogP contribution in [0.4, 0.5) is 13.2 Å². The van der Waals surface area contributed by atoms with Crippen LogP contribution in [0.25, 0.3) is 5.57 Å². The molecule has 2 fully saturated rings. The second kappa shape index (κ2) is 7.44. The van der Waals surface area contributed by atoms with Gasteiger partial charge >= 0.3 is 6.18 Å². The van der Waals surface area contributed by atoms with E-state index in [9.17, 15) is 13.2 Å². The first-order valence-corrected chi connectivity index (χ1v) is 10.00. The van der Waals surface area contributed by atoms with E-state index in [1.54, 1.807) is 0 Å². The van der Waals surface area contributed by atoms with Gasteiger partial charge in [-0.1, -0.05) is 30.3 Å². The Balaban J connectivity index is 1.36. The van der Waals surface area contributed by atoms with E-state index >= 15 is 0 Å². The topological polar surface area (TPSA) is 38.0 Å². The summed E-state index contributed by atoms with van der Waals surface area (Å²) in [5, 5.41) is 3.76. The normalized spacial score (nSPS) is 31.3. The number of hydrogen-bond donors (Lipinski definition) is 2. The van der Waals surface area contributed by atoms with Gasteiger partial charge in [-0.05, 0) is 67.7 Å². The van der Waals surface area contributed by atoms with Gasteiger partial charge in [0.05, 0.1) is 0 Å². The minimum Gasteiger partial charge on any atom is -0.328 e. The van der Waals surface area contributed by atoms with Crippen molar-refractivity contribution >= 4 is 5.57 Å². The van der Waals surface area contributed by atoms with Crippen LogP contribution >= 0.6 is 0 Å². The maximum Gasteiger partial charge on any atom is 0.412 e. The summed E-state index contributed by atoms with van der Waals surface area (Å²) in [4.78, 5) is 0. The molecule has 0 spiro atoms. The number of benzene rings is 1. The molecule has 3 aliphatic rings. The summed E-state index contributed by atoms with van der Waals surface area (Å²) in [6, 6.07) is 9.56. The number of rotatable bonds is 4. The Bertz CT molecular complexity index is 725. The summed E-state index contributed by atoms with van der Waals surface area (Å²) in [7, 11) is 0. The molecule has 0 aromatic heterocycles. The largest absolute Gasteiger partial charge is 0.412 e. The highest BCUT2D eigenvalue weighted by molar-refractivity contribution is 5.76. The van der Waals surface area contributed by atoms with Gasteiger partial charge in [-0.2, -0.15) is 13.2 Å². The first-order valence-electron chi connectivity index (χ1n) is 10.00. The molecule has 2 nitrogen and oxygen atoms in total. The zero-order valence-corrected chi connectivity index (χ0v) is 15.4. The molecular formula is C22H27F3N2. The summed E-state index contributed by atoms with van der Waals surface area (Å²) in [5.74, 6) is 0.524. The van der Waals surface area contributed by atoms with Gasteiger partial charge in [-0.3, -0.25) is 0 Å². The van der Waals surface area contributed by atoms with Crippen molar-refractivity contribution in [2.75, 3.05) is 0 Å². The fraction of sp³-hybridized carbons (Fsp3) is 0.545. The van der Waals surface area contributed by atoms with Crippen molar-refractivity contribution in [1.29, 1.82) is 0 Å². The molecule has 0 saturated heterocycles. The van der Waals surface area contributed by atoms with Crippen LogP contribution in [0.1, 0.15) is 62.0 Å². The molecule has 3 N–H and O–H groups in total. The minimum atomic E-state index is -4.23. The van der Waals surface area contributed by atoms with Crippen LogP contribution in [0.15, 0.2) is 42.0 Å². The van der Waals surface area contributed by atoms with Crippen LogP contribution in [0, 0.1) is 0 Å². The lowest BCUT2D eigenvalue weighted by atomic mass is 9.91. The van der Waals surface area contributed by atoms with E-state index in [0.29, 0.717) is 36.0 Å². The summed E-state index contributed by atoms with van der Waals surface area (Å²) in [5.41, 5.74) is 8.37. The highest BCUT2D eigenvalue weighted by Crippen LogP contribution is 2.42. The molecule has 2 saturated carbocycles. The number of nitrogens with two attached hydrogens (primary N) is 1. The quantitative estimate of drug-likeness (QED) is 0.770. The van der Waals surface area contributed by atoms with Crippen molar-refractivity contribution in [2.45, 2.75) is 75.2 Å². The van der Waals surface area contributed by atoms with E-state index in [0.717, 1.165) is 37.7 Å². The SMILES string of the molecule is NC1CCC(N[C@@H]2C[C@H]2c2ccc(C3=CCCC(C(F)(F)F)=C3)cc2)CC1. The Morgan fingerprint density at radius 2 is 1.70 bits per heavy atom. The third-order valence-corrected chi connectivity index (χ3v) is 6.16. The van der Waals surface area contributed by atoms with Gasteiger partial charge in [0.25, 0.3) is 0 Å². The second-order valence-electron chi connectivity index (χ2n) is 8.21. The smallest absolute Gasteiger partial charge is 0.328 e. The molecule has 0 amide bonds. The fourth-order valence-corrected chi connectivity index (χ4v) is 4.39. The molecule has 1 aromatic carbocycles. The maximum atomic E-state index is 13.0. The highest BCUT2D eigenvalue weighted by atomic mass is 19.4. The van der Waals surface area contributed by atoms with Gasteiger partial charge in [0.1, 0.15) is 0 Å². The summed E-state index contributed by atoms with van der Waals surface area (Å²) < 4.78 is 38.9. The van der Waals surface area contributed by atoms with Crippen LogP contribution in [0.5, 0.6) is 0 Å². The van der Waals surface area contributed by atoms with Gasteiger partial charge in [-0.15, -0.1) is 0 Å². The summed E-state index contributed by atoms with van der Waals surface area (Å²) >= 11 is 0. The lowest BCUT2D eigenvalue weighted by Crippen LogP contribution is -2.38. The van der Waals surface area contributed by atoms with E-state index in [4.69, 9.17) is 5.73 Å². The monoisotopic (exact) mass is 376 g/mol. The molecule has 5 heteroatoms. The Morgan fingerprint density at radius 3 is 2.37 bits per heavy atom. The maximum absolute atomic E-state index is 13.0. The Kier molecular flexibility index (Phi) is 5.17. The van der Waals surface area contributed by atoms with Crippen molar-refractivity contribution in [3.8, 4) is 0 Å². The molecule has 4 rings (SSSR count). The average Bonchev–Trinajstić information content (AvgIpc) is 3.42. The van der Waals surface area contributed by atoms with Gasteiger partial charge in [0, 0.05) is 29.6 Å². The lowest BCUT2D eigenvalue weighted by molar-refractivity contribution is -0.0939. The zero-order chi connectivity index (χ0) is 19.0. The van der Waals surface area contributed by atoms with Crippen LogP contribution < -0.4 is 11.1 Å². The Hall–Kier alpha value is -1.59. The number of hydrogen-bond acceptors (Lipinski definition) is 2. The predicted molar refractivity (Wildman–Crippen MR) is 102 cm³/mol. The first kappa shape index (κ1) is 18.8. The van der Waals surface area contributed by atoms with E-state index in [1.807, 2.05) is 18.2 Å². The third kappa shape index (κ3) is 4.46.